The van der Waals surface area contributed by atoms with Crippen molar-refractivity contribution >= 4 is 10.9 Å². The van der Waals surface area contributed by atoms with Gasteiger partial charge in [0.2, 0.25) is 0 Å². The van der Waals surface area contributed by atoms with Gasteiger partial charge >= 0.3 is 6.18 Å². The zero-order chi connectivity index (χ0) is 21.3. The molecular formula is C24H18F3NO2. The summed E-state index contributed by atoms with van der Waals surface area (Å²) < 4.78 is 45.6. The molecule has 0 unspecified atom stereocenters. The molecule has 3 aromatic carbocycles. The first-order chi connectivity index (χ1) is 14.4. The van der Waals surface area contributed by atoms with Crippen LogP contribution in [0.25, 0.3) is 22.0 Å². The molecule has 0 aliphatic carbocycles. The lowest BCUT2D eigenvalue weighted by molar-refractivity contribution is -0.137. The topological polar surface area (TPSA) is 31.2 Å². The first kappa shape index (κ1) is 19.8. The standard InChI is InChI=1S/C24H18F3NO2/c1-30-22-21(17-7-3-2-4-8-17)19-9-5-6-10-20(19)28(23(22)29)15-16-11-13-18(14-12-16)24(25,26)27/h2-14H,15H2,1H3. The highest BCUT2D eigenvalue weighted by Gasteiger charge is 2.30. The largest absolute Gasteiger partial charge is 0.491 e. The molecule has 0 saturated heterocycles. The predicted octanol–water partition coefficient (Wildman–Crippen LogP) is 5.74. The van der Waals surface area contributed by atoms with Crippen molar-refractivity contribution in [1.82, 2.24) is 4.57 Å². The second-order valence-corrected chi connectivity index (χ2v) is 6.88. The second kappa shape index (κ2) is 7.71. The van der Waals surface area contributed by atoms with Gasteiger partial charge in [0.15, 0.2) is 5.75 Å². The van der Waals surface area contributed by atoms with Crippen LogP contribution in [0.4, 0.5) is 13.2 Å². The van der Waals surface area contributed by atoms with E-state index in [9.17, 15) is 18.0 Å². The molecule has 0 bridgehead atoms. The van der Waals surface area contributed by atoms with Gasteiger partial charge in [-0.1, -0.05) is 60.7 Å². The maximum Gasteiger partial charge on any atom is 0.416 e. The van der Waals surface area contributed by atoms with Gasteiger partial charge in [-0.25, -0.2) is 0 Å². The fraction of sp³-hybridized carbons (Fsp3) is 0.125. The molecule has 0 fully saturated rings. The number of halogens is 3. The van der Waals surface area contributed by atoms with Crippen LogP contribution in [0.5, 0.6) is 5.75 Å². The molecule has 1 aromatic heterocycles. The van der Waals surface area contributed by atoms with E-state index in [1.165, 1.54) is 23.8 Å². The predicted molar refractivity (Wildman–Crippen MR) is 111 cm³/mol. The summed E-state index contributed by atoms with van der Waals surface area (Å²) in [5.41, 5.74) is 1.76. The van der Waals surface area contributed by atoms with E-state index in [4.69, 9.17) is 4.74 Å². The molecule has 4 aromatic rings. The number of nitrogens with zero attached hydrogens (tertiary/aromatic N) is 1. The van der Waals surface area contributed by atoms with Crippen LogP contribution in [-0.2, 0) is 12.7 Å². The molecule has 0 spiro atoms. The van der Waals surface area contributed by atoms with E-state index < -0.39 is 11.7 Å². The summed E-state index contributed by atoms with van der Waals surface area (Å²) >= 11 is 0. The summed E-state index contributed by atoms with van der Waals surface area (Å²) in [6.07, 6.45) is -4.40. The minimum atomic E-state index is -4.40. The number of aromatic nitrogens is 1. The number of hydrogen-bond acceptors (Lipinski definition) is 2. The number of pyridine rings is 1. The van der Waals surface area contributed by atoms with Crippen LogP contribution in [0.15, 0.2) is 83.7 Å². The maximum atomic E-state index is 13.3. The van der Waals surface area contributed by atoms with Gasteiger partial charge in [0.05, 0.1) is 24.7 Å². The van der Waals surface area contributed by atoms with Gasteiger partial charge in [-0.15, -0.1) is 0 Å². The zero-order valence-electron chi connectivity index (χ0n) is 16.1. The van der Waals surface area contributed by atoms with E-state index in [-0.39, 0.29) is 17.9 Å². The van der Waals surface area contributed by atoms with Crippen molar-refractivity contribution in [2.45, 2.75) is 12.7 Å². The SMILES string of the molecule is COc1c(-c2ccccc2)c2ccccc2n(Cc2ccc(C(F)(F)F)cc2)c1=O. The van der Waals surface area contributed by atoms with E-state index in [0.29, 0.717) is 16.6 Å². The number of rotatable bonds is 4. The number of fused-ring (bicyclic) bond motifs is 1. The molecule has 4 rings (SSSR count). The van der Waals surface area contributed by atoms with Crippen LogP contribution in [0.2, 0.25) is 0 Å². The molecule has 0 aliphatic rings. The monoisotopic (exact) mass is 409 g/mol. The molecule has 3 nitrogen and oxygen atoms in total. The van der Waals surface area contributed by atoms with E-state index >= 15 is 0 Å². The zero-order valence-corrected chi connectivity index (χ0v) is 16.1. The van der Waals surface area contributed by atoms with Crippen molar-refractivity contribution in [3.05, 3.63) is 100 Å². The van der Waals surface area contributed by atoms with Crippen LogP contribution >= 0.6 is 0 Å². The van der Waals surface area contributed by atoms with Crippen LogP contribution in [-0.4, -0.2) is 11.7 Å². The molecule has 1 heterocycles. The fourth-order valence-electron chi connectivity index (χ4n) is 3.60. The van der Waals surface area contributed by atoms with Gasteiger partial charge in [-0.05, 0) is 29.3 Å². The van der Waals surface area contributed by atoms with Gasteiger partial charge in [0.25, 0.3) is 5.56 Å². The average molecular weight is 409 g/mol. The third-order valence-electron chi connectivity index (χ3n) is 5.02. The Balaban J connectivity index is 1.90. The smallest absolute Gasteiger partial charge is 0.416 e. The molecule has 0 amide bonds. The van der Waals surface area contributed by atoms with Crippen LogP contribution in [0.1, 0.15) is 11.1 Å². The Hall–Kier alpha value is -3.54. The van der Waals surface area contributed by atoms with Crippen molar-refractivity contribution in [2.24, 2.45) is 0 Å². The fourth-order valence-corrected chi connectivity index (χ4v) is 3.60. The van der Waals surface area contributed by atoms with Crippen LogP contribution in [0.3, 0.4) is 0 Å². The molecule has 0 aliphatic heterocycles. The lowest BCUT2D eigenvalue weighted by Gasteiger charge is -2.17. The molecule has 0 saturated carbocycles. The quantitative estimate of drug-likeness (QED) is 0.430. The van der Waals surface area contributed by atoms with Crippen LogP contribution < -0.4 is 10.3 Å². The first-order valence-electron chi connectivity index (χ1n) is 9.31. The Labute approximate surface area is 171 Å². The van der Waals surface area contributed by atoms with E-state index in [1.807, 2.05) is 54.6 Å². The maximum absolute atomic E-state index is 13.3. The molecule has 0 N–H and O–H groups in total. The van der Waals surface area contributed by atoms with E-state index in [0.717, 1.165) is 23.1 Å². The number of methoxy groups -OCH3 is 1. The minimum absolute atomic E-state index is 0.128. The Bertz CT molecular complexity index is 1240. The molecule has 6 heteroatoms. The molecular weight excluding hydrogens is 391 g/mol. The van der Waals surface area contributed by atoms with E-state index in [1.54, 1.807) is 0 Å². The average Bonchev–Trinajstić information content (AvgIpc) is 2.75. The molecule has 0 radical (unpaired) electrons. The third kappa shape index (κ3) is 3.56. The van der Waals surface area contributed by atoms with Gasteiger partial charge in [0.1, 0.15) is 0 Å². The van der Waals surface area contributed by atoms with Gasteiger partial charge in [0, 0.05) is 10.9 Å². The summed E-state index contributed by atoms with van der Waals surface area (Å²) in [5, 5.41) is 0.826. The molecule has 152 valence electrons. The molecule has 0 atom stereocenters. The number of para-hydroxylation sites is 1. The summed E-state index contributed by atoms with van der Waals surface area (Å²) in [6.45, 7) is 0.128. The van der Waals surface area contributed by atoms with Gasteiger partial charge < -0.3 is 9.30 Å². The van der Waals surface area contributed by atoms with Crippen molar-refractivity contribution in [3.8, 4) is 16.9 Å². The summed E-state index contributed by atoms with van der Waals surface area (Å²) in [6, 6.07) is 21.7. The third-order valence-corrected chi connectivity index (χ3v) is 5.02. The Kier molecular flexibility index (Phi) is 5.08. The van der Waals surface area contributed by atoms with Crippen LogP contribution in [0, 0.1) is 0 Å². The number of ether oxygens (including phenoxy) is 1. The lowest BCUT2D eigenvalue weighted by Crippen LogP contribution is -2.23. The van der Waals surface area contributed by atoms with Crippen molar-refractivity contribution in [3.63, 3.8) is 0 Å². The normalized spacial score (nSPS) is 11.6. The number of hydrogen-bond donors (Lipinski definition) is 0. The van der Waals surface area contributed by atoms with Gasteiger partial charge in [-0.2, -0.15) is 13.2 Å². The highest BCUT2D eigenvalue weighted by molar-refractivity contribution is 5.97. The van der Waals surface area contributed by atoms with E-state index in [2.05, 4.69) is 0 Å². The second-order valence-electron chi connectivity index (χ2n) is 6.88. The Morgan fingerprint density at radius 1 is 0.867 bits per heavy atom. The number of benzene rings is 3. The number of alkyl halides is 3. The van der Waals surface area contributed by atoms with Crippen molar-refractivity contribution < 1.29 is 17.9 Å². The first-order valence-corrected chi connectivity index (χ1v) is 9.31. The summed E-state index contributed by atoms with van der Waals surface area (Å²) in [5.74, 6) is 0.201. The highest BCUT2D eigenvalue weighted by atomic mass is 19.4. The molecule has 30 heavy (non-hydrogen) atoms. The van der Waals surface area contributed by atoms with Crippen molar-refractivity contribution in [2.75, 3.05) is 7.11 Å². The van der Waals surface area contributed by atoms with Gasteiger partial charge in [-0.3, -0.25) is 4.79 Å². The lowest BCUT2D eigenvalue weighted by atomic mass is 9.99. The highest BCUT2D eigenvalue weighted by Crippen LogP contribution is 2.35. The minimum Gasteiger partial charge on any atom is -0.491 e. The summed E-state index contributed by atoms with van der Waals surface area (Å²) in [7, 11) is 1.44. The van der Waals surface area contributed by atoms with Crippen molar-refractivity contribution in [1.29, 1.82) is 0 Å². The summed E-state index contributed by atoms with van der Waals surface area (Å²) in [4.78, 5) is 13.3. The Morgan fingerprint density at radius 3 is 2.13 bits per heavy atom. The Morgan fingerprint density at radius 2 is 1.50 bits per heavy atom.